The van der Waals surface area contributed by atoms with Gasteiger partial charge in [-0.15, -0.1) is 0 Å². The maximum Gasteiger partial charge on any atom is 0.329 e. The van der Waals surface area contributed by atoms with Gasteiger partial charge in [-0.25, -0.2) is 4.79 Å². The number of carbonyl (C=O) groups excluding carboxylic acids is 3. The van der Waals surface area contributed by atoms with Crippen molar-refractivity contribution in [3.05, 3.63) is 34.9 Å². The number of hydrogen-bond donors (Lipinski definition) is 2. The van der Waals surface area contributed by atoms with Gasteiger partial charge in [-0.3, -0.25) is 9.59 Å². The third-order valence-electron chi connectivity index (χ3n) is 2.68. The topological polar surface area (TPSA) is 98.5 Å². The molecule has 1 aromatic carbocycles. The lowest BCUT2D eigenvalue weighted by molar-refractivity contribution is -0.150. The van der Waals surface area contributed by atoms with E-state index in [1.807, 2.05) is 0 Å². The number of rotatable bonds is 6. The van der Waals surface area contributed by atoms with E-state index in [0.717, 1.165) is 0 Å². The molecule has 0 bridgehead atoms. The van der Waals surface area contributed by atoms with Crippen LogP contribution in [-0.4, -0.2) is 30.4 Å². The Morgan fingerprint density at radius 3 is 2.43 bits per heavy atom. The molecule has 1 aromatic rings. The predicted molar refractivity (Wildman–Crippen MR) is 77.7 cm³/mol. The van der Waals surface area contributed by atoms with E-state index in [1.54, 1.807) is 38.1 Å². The van der Waals surface area contributed by atoms with Crippen LogP contribution in [0.25, 0.3) is 0 Å². The Balaban J connectivity index is 2.79. The molecule has 0 fully saturated rings. The highest BCUT2D eigenvalue weighted by atomic mass is 35.5. The number of primary amides is 1. The minimum atomic E-state index is -0.895. The van der Waals surface area contributed by atoms with Crippen LogP contribution in [0.3, 0.4) is 0 Å². The summed E-state index contributed by atoms with van der Waals surface area (Å²) in [7, 11) is 0. The monoisotopic (exact) mass is 312 g/mol. The molecule has 0 saturated carbocycles. The molecule has 0 heterocycles. The molecule has 1 atom stereocenters. The van der Waals surface area contributed by atoms with Crippen molar-refractivity contribution in [3.63, 3.8) is 0 Å². The van der Waals surface area contributed by atoms with E-state index in [2.05, 4.69) is 5.32 Å². The number of esters is 1. The SMILES string of the molecule is CC(C)[C@H](NC(=O)c1ccccc1Cl)C(=O)OCC(N)=O. The highest BCUT2D eigenvalue weighted by molar-refractivity contribution is 6.33. The molecule has 0 aliphatic heterocycles. The summed E-state index contributed by atoms with van der Waals surface area (Å²) in [5.74, 6) is -2.19. The molecule has 2 amide bonds. The van der Waals surface area contributed by atoms with Crippen molar-refractivity contribution in [3.8, 4) is 0 Å². The number of carbonyl (C=O) groups is 3. The van der Waals surface area contributed by atoms with Gasteiger partial charge in [0.1, 0.15) is 6.04 Å². The molecule has 114 valence electrons. The van der Waals surface area contributed by atoms with E-state index in [9.17, 15) is 14.4 Å². The van der Waals surface area contributed by atoms with Crippen LogP contribution < -0.4 is 11.1 Å². The molecule has 0 saturated heterocycles. The van der Waals surface area contributed by atoms with Crippen molar-refractivity contribution in [1.82, 2.24) is 5.32 Å². The van der Waals surface area contributed by atoms with Crippen LogP contribution in [0, 0.1) is 5.92 Å². The Labute approximate surface area is 127 Å². The minimum Gasteiger partial charge on any atom is -0.454 e. The molecule has 3 N–H and O–H groups in total. The van der Waals surface area contributed by atoms with Crippen molar-refractivity contribution >= 4 is 29.4 Å². The van der Waals surface area contributed by atoms with Crippen LogP contribution in [0.4, 0.5) is 0 Å². The first-order chi connectivity index (χ1) is 9.82. The quantitative estimate of drug-likeness (QED) is 0.769. The second kappa shape index (κ2) is 7.64. The van der Waals surface area contributed by atoms with E-state index in [-0.39, 0.29) is 16.5 Å². The van der Waals surface area contributed by atoms with E-state index in [0.29, 0.717) is 0 Å². The summed E-state index contributed by atoms with van der Waals surface area (Å²) in [6.07, 6.45) is 0. The van der Waals surface area contributed by atoms with Crippen LogP contribution in [0.2, 0.25) is 5.02 Å². The fraction of sp³-hybridized carbons (Fsp3) is 0.357. The van der Waals surface area contributed by atoms with Gasteiger partial charge >= 0.3 is 5.97 Å². The highest BCUT2D eigenvalue weighted by Gasteiger charge is 2.27. The maximum absolute atomic E-state index is 12.1. The highest BCUT2D eigenvalue weighted by Crippen LogP contribution is 2.15. The maximum atomic E-state index is 12.1. The van der Waals surface area contributed by atoms with Gasteiger partial charge in [-0.2, -0.15) is 0 Å². The van der Waals surface area contributed by atoms with Crippen LogP contribution in [0.1, 0.15) is 24.2 Å². The van der Waals surface area contributed by atoms with Crippen LogP contribution in [0.15, 0.2) is 24.3 Å². The number of nitrogens with one attached hydrogen (secondary N) is 1. The van der Waals surface area contributed by atoms with Crippen molar-refractivity contribution in [2.75, 3.05) is 6.61 Å². The summed E-state index contributed by atoms with van der Waals surface area (Å²) in [4.78, 5) is 34.6. The Bertz CT molecular complexity index is 546. The number of halogens is 1. The van der Waals surface area contributed by atoms with Crippen molar-refractivity contribution in [2.45, 2.75) is 19.9 Å². The zero-order valence-corrected chi connectivity index (χ0v) is 12.5. The average Bonchev–Trinajstić information content (AvgIpc) is 2.42. The van der Waals surface area contributed by atoms with Gasteiger partial charge in [0, 0.05) is 0 Å². The molecule has 21 heavy (non-hydrogen) atoms. The largest absolute Gasteiger partial charge is 0.454 e. The van der Waals surface area contributed by atoms with Gasteiger partial charge in [0.2, 0.25) is 0 Å². The molecule has 6 nitrogen and oxygen atoms in total. The molecule has 0 aliphatic carbocycles. The molecule has 0 unspecified atom stereocenters. The zero-order chi connectivity index (χ0) is 16.0. The normalized spacial score (nSPS) is 11.8. The fourth-order valence-electron chi connectivity index (χ4n) is 1.59. The number of benzene rings is 1. The first kappa shape index (κ1) is 17.0. The molecule has 1 rings (SSSR count). The van der Waals surface area contributed by atoms with Gasteiger partial charge in [-0.05, 0) is 18.1 Å². The van der Waals surface area contributed by atoms with Crippen LogP contribution in [0.5, 0.6) is 0 Å². The lowest BCUT2D eigenvalue weighted by Crippen LogP contribution is -2.46. The van der Waals surface area contributed by atoms with Gasteiger partial charge < -0.3 is 15.8 Å². The van der Waals surface area contributed by atoms with Gasteiger partial charge in [0.15, 0.2) is 6.61 Å². The Kier molecular flexibility index (Phi) is 6.17. The Morgan fingerprint density at radius 2 is 1.90 bits per heavy atom. The second-order valence-electron chi connectivity index (χ2n) is 4.75. The molecule has 0 spiro atoms. The minimum absolute atomic E-state index is 0.225. The molecule has 0 aromatic heterocycles. The smallest absolute Gasteiger partial charge is 0.329 e. The van der Waals surface area contributed by atoms with E-state index in [4.69, 9.17) is 22.1 Å². The first-order valence-electron chi connectivity index (χ1n) is 6.33. The Morgan fingerprint density at radius 1 is 1.29 bits per heavy atom. The summed E-state index contributed by atoms with van der Waals surface area (Å²) in [5.41, 5.74) is 5.17. The summed E-state index contributed by atoms with van der Waals surface area (Å²) < 4.78 is 4.73. The Hall–Kier alpha value is -2.08. The summed E-state index contributed by atoms with van der Waals surface area (Å²) in [6.45, 7) is 2.95. The standard InChI is InChI=1S/C14H17ClN2O4/c1-8(2)12(14(20)21-7-11(16)18)17-13(19)9-5-3-4-6-10(9)15/h3-6,8,12H,7H2,1-2H3,(H2,16,18)(H,17,19)/t12-/m0/s1. The van der Waals surface area contributed by atoms with E-state index in [1.165, 1.54) is 0 Å². The van der Waals surface area contributed by atoms with Crippen LogP contribution >= 0.6 is 11.6 Å². The number of hydrogen-bond acceptors (Lipinski definition) is 4. The van der Waals surface area contributed by atoms with Gasteiger partial charge in [0.25, 0.3) is 11.8 Å². The average molecular weight is 313 g/mol. The summed E-state index contributed by atoms with van der Waals surface area (Å²) >= 11 is 5.93. The lowest BCUT2D eigenvalue weighted by atomic mass is 10.0. The fourth-order valence-corrected chi connectivity index (χ4v) is 1.82. The van der Waals surface area contributed by atoms with Crippen molar-refractivity contribution < 1.29 is 19.1 Å². The number of nitrogens with two attached hydrogens (primary N) is 1. The van der Waals surface area contributed by atoms with Crippen molar-refractivity contribution in [1.29, 1.82) is 0 Å². The van der Waals surface area contributed by atoms with Gasteiger partial charge in [-0.1, -0.05) is 37.6 Å². The molecule has 0 aliphatic rings. The van der Waals surface area contributed by atoms with E-state index < -0.39 is 30.4 Å². The zero-order valence-electron chi connectivity index (χ0n) is 11.8. The number of amides is 2. The predicted octanol–water partition coefficient (Wildman–Crippen LogP) is 1.12. The lowest BCUT2D eigenvalue weighted by Gasteiger charge is -2.20. The van der Waals surface area contributed by atoms with E-state index >= 15 is 0 Å². The summed E-state index contributed by atoms with van der Waals surface area (Å²) in [6, 6.07) is 5.58. The van der Waals surface area contributed by atoms with Crippen molar-refractivity contribution in [2.24, 2.45) is 11.7 Å². The molecular formula is C14H17ClN2O4. The molecular weight excluding hydrogens is 296 g/mol. The molecule has 0 radical (unpaired) electrons. The van der Waals surface area contributed by atoms with Gasteiger partial charge in [0.05, 0.1) is 10.6 Å². The number of ether oxygens (including phenoxy) is 1. The first-order valence-corrected chi connectivity index (χ1v) is 6.71. The summed E-state index contributed by atoms with van der Waals surface area (Å²) in [5, 5.41) is 2.83. The van der Waals surface area contributed by atoms with Crippen LogP contribution in [-0.2, 0) is 14.3 Å². The second-order valence-corrected chi connectivity index (χ2v) is 5.16. The molecule has 7 heteroatoms. The third kappa shape index (κ3) is 5.07. The third-order valence-corrected chi connectivity index (χ3v) is 3.01.